The van der Waals surface area contributed by atoms with Crippen LogP contribution in [0.3, 0.4) is 0 Å². The quantitative estimate of drug-likeness (QED) is 0.467. The highest BCUT2D eigenvalue weighted by Crippen LogP contribution is 2.32. The zero-order chi connectivity index (χ0) is 20.4. The molecule has 9 heteroatoms. The van der Waals surface area contributed by atoms with Crippen molar-refractivity contribution in [2.24, 2.45) is 0 Å². The molecule has 0 aliphatic heterocycles. The number of aromatic nitrogens is 2. The SMILES string of the molecule is O=C(Cn1cnc2sc3c(c2c1=O)CCCCC3)Nc1ccc(SC(F)F)cc1. The molecular weight excluding hydrogens is 416 g/mol. The zero-order valence-corrected chi connectivity index (χ0v) is 17.1. The topological polar surface area (TPSA) is 64.0 Å². The molecule has 1 aliphatic rings. The summed E-state index contributed by atoms with van der Waals surface area (Å²) in [5.41, 5.74) is 1.40. The molecule has 1 N–H and O–H groups in total. The number of aryl methyl sites for hydroxylation is 2. The van der Waals surface area contributed by atoms with Gasteiger partial charge in [-0.1, -0.05) is 18.2 Å². The van der Waals surface area contributed by atoms with Crippen molar-refractivity contribution in [3.8, 4) is 0 Å². The smallest absolute Gasteiger partial charge is 0.288 e. The minimum atomic E-state index is -2.49. The van der Waals surface area contributed by atoms with Gasteiger partial charge in [0.25, 0.3) is 11.3 Å². The fourth-order valence-electron chi connectivity index (χ4n) is 3.55. The lowest BCUT2D eigenvalue weighted by Gasteiger charge is -2.08. The molecule has 0 atom stereocenters. The second-order valence-corrected chi connectivity index (χ2v) is 9.02. The summed E-state index contributed by atoms with van der Waals surface area (Å²) in [4.78, 5) is 32.2. The average Bonchev–Trinajstić information content (AvgIpc) is 2.87. The van der Waals surface area contributed by atoms with E-state index in [9.17, 15) is 18.4 Å². The fraction of sp³-hybridized carbons (Fsp3) is 0.350. The molecule has 0 radical (unpaired) electrons. The molecule has 3 aromatic rings. The minimum absolute atomic E-state index is 0.153. The van der Waals surface area contributed by atoms with Crippen LogP contribution in [0.25, 0.3) is 10.2 Å². The molecule has 1 aliphatic carbocycles. The normalized spacial score (nSPS) is 14.0. The Morgan fingerprint density at radius 3 is 2.72 bits per heavy atom. The number of nitrogens with one attached hydrogen (secondary N) is 1. The Labute approximate surface area is 174 Å². The molecule has 2 aromatic heterocycles. The summed E-state index contributed by atoms with van der Waals surface area (Å²) in [5.74, 6) is -2.86. The number of amides is 1. The van der Waals surface area contributed by atoms with Crippen molar-refractivity contribution < 1.29 is 13.6 Å². The molecule has 0 saturated heterocycles. The fourth-order valence-corrected chi connectivity index (χ4v) is 5.26. The van der Waals surface area contributed by atoms with Crippen molar-refractivity contribution in [2.45, 2.75) is 49.3 Å². The number of hydrogen-bond donors (Lipinski definition) is 1. The molecule has 5 nitrogen and oxygen atoms in total. The molecule has 0 spiro atoms. The lowest BCUT2D eigenvalue weighted by atomic mass is 10.1. The second-order valence-electron chi connectivity index (χ2n) is 6.87. The number of nitrogens with zero attached hydrogens (tertiary/aromatic N) is 2. The van der Waals surface area contributed by atoms with Crippen LogP contribution in [0.5, 0.6) is 0 Å². The molecule has 0 bridgehead atoms. The van der Waals surface area contributed by atoms with Gasteiger partial charge in [0.05, 0.1) is 11.7 Å². The first kappa shape index (κ1) is 20.0. The van der Waals surface area contributed by atoms with E-state index in [-0.39, 0.29) is 18.0 Å². The van der Waals surface area contributed by atoms with Crippen LogP contribution in [0, 0.1) is 0 Å². The number of anilines is 1. The first-order chi connectivity index (χ1) is 14.0. The van der Waals surface area contributed by atoms with Gasteiger partial charge in [-0.15, -0.1) is 11.3 Å². The summed E-state index contributed by atoms with van der Waals surface area (Å²) in [6, 6.07) is 6.16. The van der Waals surface area contributed by atoms with Gasteiger partial charge in [-0.2, -0.15) is 8.78 Å². The predicted octanol–water partition coefficient (Wildman–Crippen LogP) is 4.68. The van der Waals surface area contributed by atoms with Crippen LogP contribution in [0.1, 0.15) is 29.7 Å². The van der Waals surface area contributed by atoms with Crippen LogP contribution in [-0.2, 0) is 24.2 Å². The van der Waals surface area contributed by atoms with E-state index < -0.39 is 5.76 Å². The third kappa shape index (κ3) is 4.51. The van der Waals surface area contributed by atoms with E-state index in [1.54, 1.807) is 23.5 Å². The van der Waals surface area contributed by atoms with Gasteiger partial charge in [0.1, 0.15) is 11.4 Å². The summed E-state index contributed by atoms with van der Waals surface area (Å²) in [6.07, 6.45) is 6.64. The van der Waals surface area contributed by atoms with E-state index in [0.717, 1.165) is 42.5 Å². The van der Waals surface area contributed by atoms with E-state index in [1.165, 1.54) is 27.9 Å². The average molecular weight is 436 g/mol. The Bertz CT molecular complexity index is 1090. The Morgan fingerprint density at radius 1 is 1.21 bits per heavy atom. The number of alkyl halides is 2. The maximum Gasteiger partial charge on any atom is 0.288 e. The number of carbonyl (C=O) groups is 1. The third-order valence-electron chi connectivity index (χ3n) is 4.87. The number of thiophene rings is 1. The number of thioether (sulfide) groups is 1. The van der Waals surface area contributed by atoms with Crippen LogP contribution >= 0.6 is 23.1 Å². The summed E-state index contributed by atoms with van der Waals surface area (Å²) in [7, 11) is 0. The molecule has 152 valence electrons. The first-order valence-electron chi connectivity index (χ1n) is 9.35. The van der Waals surface area contributed by atoms with Crippen LogP contribution in [-0.4, -0.2) is 21.2 Å². The van der Waals surface area contributed by atoms with Gasteiger partial charge < -0.3 is 5.32 Å². The van der Waals surface area contributed by atoms with Crippen molar-refractivity contribution in [3.05, 3.63) is 51.4 Å². The molecule has 1 aromatic carbocycles. The number of halogens is 2. The van der Waals surface area contributed by atoms with Gasteiger partial charge in [0.2, 0.25) is 5.91 Å². The van der Waals surface area contributed by atoms with E-state index in [2.05, 4.69) is 10.3 Å². The van der Waals surface area contributed by atoms with Crippen molar-refractivity contribution >= 4 is 44.9 Å². The number of benzene rings is 1. The van der Waals surface area contributed by atoms with E-state index in [0.29, 0.717) is 27.7 Å². The Balaban J connectivity index is 1.51. The van der Waals surface area contributed by atoms with Crippen LogP contribution in [0.15, 0.2) is 40.3 Å². The van der Waals surface area contributed by atoms with E-state index in [4.69, 9.17) is 0 Å². The molecule has 0 unspecified atom stereocenters. The summed E-state index contributed by atoms with van der Waals surface area (Å²) < 4.78 is 26.1. The zero-order valence-electron chi connectivity index (χ0n) is 15.5. The second kappa shape index (κ2) is 8.62. The lowest BCUT2D eigenvalue weighted by Crippen LogP contribution is -2.28. The molecule has 2 heterocycles. The summed E-state index contributed by atoms with van der Waals surface area (Å²) in [5, 5.41) is 3.34. The standard InChI is InChI=1S/C20H19F2N3O2S2/c21-20(22)28-13-8-6-12(7-9-13)24-16(26)10-25-11-23-18-17(19(25)27)14-4-2-1-3-5-15(14)29-18/h6-9,11,20H,1-5,10H2,(H,24,26). The maximum absolute atomic E-state index is 13.0. The number of hydrogen-bond acceptors (Lipinski definition) is 5. The number of rotatable bonds is 5. The Kier molecular flexibility index (Phi) is 5.96. The van der Waals surface area contributed by atoms with E-state index in [1.807, 2.05) is 0 Å². The van der Waals surface area contributed by atoms with Crippen molar-refractivity contribution in [1.29, 1.82) is 0 Å². The van der Waals surface area contributed by atoms with Crippen molar-refractivity contribution in [2.75, 3.05) is 5.32 Å². The van der Waals surface area contributed by atoms with Crippen LogP contribution < -0.4 is 10.9 Å². The first-order valence-corrected chi connectivity index (χ1v) is 11.1. The summed E-state index contributed by atoms with van der Waals surface area (Å²) >= 11 is 2.03. The highest BCUT2D eigenvalue weighted by Gasteiger charge is 2.19. The molecule has 1 amide bonds. The summed E-state index contributed by atoms with van der Waals surface area (Å²) in [6.45, 7) is -0.153. The lowest BCUT2D eigenvalue weighted by molar-refractivity contribution is -0.116. The highest BCUT2D eigenvalue weighted by atomic mass is 32.2. The molecular formula is C20H19F2N3O2S2. The maximum atomic E-state index is 13.0. The Morgan fingerprint density at radius 2 is 1.97 bits per heavy atom. The Hall–Kier alpha value is -2.26. The van der Waals surface area contributed by atoms with Crippen LogP contribution in [0.4, 0.5) is 14.5 Å². The van der Waals surface area contributed by atoms with Crippen molar-refractivity contribution in [1.82, 2.24) is 9.55 Å². The molecule has 0 fully saturated rings. The predicted molar refractivity (Wildman–Crippen MR) is 112 cm³/mol. The highest BCUT2D eigenvalue weighted by molar-refractivity contribution is 7.99. The van der Waals surface area contributed by atoms with E-state index >= 15 is 0 Å². The number of carbonyl (C=O) groups excluding carboxylic acids is 1. The van der Waals surface area contributed by atoms with Gasteiger partial charge in [-0.05, 0) is 55.5 Å². The van der Waals surface area contributed by atoms with Gasteiger partial charge >= 0.3 is 0 Å². The molecule has 29 heavy (non-hydrogen) atoms. The van der Waals surface area contributed by atoms with Crippen LogP contribution in [0.2, 0.25) is 0 Å². The number of fused-ring (bicyclic) bond motifs is 3. The minimum Gasteiger partial charge on any atom is -0.325 e. The molecule has 0 saturated carbocycles. The van der Waals surface area contributed by atoms with Gasteiger partial charge in [0.15, 0.2) is 0 Å². The third-order valence-corrected chi connectivity index (χ3v) is 6.79. The molecule has 4 rings (SSSR count). The largest absolute Gasteiger partial charge is 0.325 e. The van der Waals surface area contributed by atoms with Gasteiger partial charge in [-0.25, -0.2) is 4.98 Å². The van der Waals surface area contributed by atoms with Gasteiger partial charge in [0, 0.05) is 15.5 Å². The van der Waals surface area contributed by atoms with Crippen molar-refractivity contribution in [3.63, 3.8) is 0 Å². The van der Waals surface area contributed by atoms with Gasteiger partial charge in [-0.3, -0.25) is 14.2 Å². The monoisotopic (exact) mass is 435 g/mol.